The predicted molar refractivity (Wildman–Crippen MR) is 147 cm³/mol. The first kappa shape index (κ1) is 26.0. The number of benzene rings is 2. The van der Waals surface area contributed by atoms with E-state index in [1.54, 1.807) is 7.11 Å². The molecule has 0 bridgehead atoms. The number of ketones is 1. The number of aliphatic imine (C=N–C) groups is 1. The molecule has 2 aromatic carbocycles. The highest BCUT2D eigenvalue weighted by Gasteiger charge is 2.34. The standard InChI is InChI=1S/C32H38N2O2/c1-20-15-21(2)30(17-29(20)28-7-6-14-34-23(4)31(28)19-36-5)32(35)22(3)26-12-13-27(16-26)25-10-8-24(18-33)9-11-25/h8-11,15,17,22,26-27H,6-7,12-14,16,19H2,1-5H3. The minimum atomic E-state index is -0.0208. The quantitative estimate of drug-likeness (QED) is 0.391. The van der Waals surface area contributed by atoms with Gasteiger partial charge in [-0.15, -0.1) is 0 Å². The van der Waals surface area contributed by atoms with Crippen LogP contribution in [-0.2, 0) is 4.74 Å². The molecular formula is C32H38N2O2. The first-order valence-electron chi connectivity index (χ1n) is 13.2. The lowest BCUT2D eigenvalue weighted by Gasteiger charge is -2.22. The second-order valence-corrected chi connectivity index (χ2v) is 10.6. The Morgan fingerprint density at radius 1 is 1.14 bits per heavy atom. The van der Waals surface area contributed by atoms with Crippen molar-refractivity contribution in [2.45, 2.75) is 65.7 Å². The van der Waals surface area contributed by atoms with Crippen molar-refractivity contribution in [2.24, 2.45) is 16.8 Å². The number of carbonyl (C=O) groups is 1. The lowest BCUT2D eigenvalue weighted by Crippen LogP contribution is -2.21. The highest BCUT2D eigenvalue weighted by atomic mass is 16.5. The number of allylic oxidation sites excluding steroid dienone is 1. The van der Waals surface area contributed by atoms with Crippen molar-refractivity contribution in [2.75, 3.05) is 20.3 Å². The number of carbonyl (C=O) groups excluding carboxylic acids is 1. The minimum absolute atomic E-state index is 0.0208. The molecule has 1 aliphatic carbocycles. The molecule has 36 heavy (non-hydrogen) atoms. The van der Waals surface area contributed by atoms with Crippen LogP contribution in [0.25, 0.3) is 5.57 Å². The van der Waals surface area contributed by atoms with Gasteiger partial charge >= 0.3 is 0 Å². The van der Waals surface area contributed by atoms with Crippen LogP contribution >= 0.6 is 0 Å². The van der Waals surface area contributed by atoms with Gasteiger partial charge in [-0.05, 0) is 111 Å². The molecule has 1 heterocycles. The van der Waals surface area contributed by atoms with Gasteiger partial charge in [0, 0.05) is 36.4 Å². The molecule has 3 atom stereocenters. The first-order valence-corrected chi connectivity index (χ1v) is 13.2. The van der Waals surface area contributed by atoms with E-state index in [2.05, 4.69) is 58.0 Å². The van der Waals surface area contributed by atoms with E-state index in [-0.39, 0.29) is 11.7 Å². The number of rotatable bonds is 7. The van der Waals surface area contributed by atoms with E-state index in [4.69, 9.17) is 15.0 Å². The molecule has 0 amide bonds. The monoisotopic (exact) mass is 482 g/mol. The van der Waals surface area contributed by atoms with Gasteiger partial charge < -0.3 is 4.74 Å². The van der Waals surface area contributed by atoms with Crippen LogP contribution in [0.15, 0.2) is 47.0 Å². The first-order chi connectivity index (χ1) is 17.3. The molecule has 1 saturated carbocycles. The fourth-order valence-electron chi connectivity index (χ4n) is 6.11. The van der Waals surface area contributed by atoms with Crippen molar-refractivity contribution in [1.82, 2.24) is 0 Å². The summed E-state index contributed by atoms with van der Waals surface area (Å²) in [6.45, 7) is 9.77. The van der Waals surface area contributed by atoms with E-state index in [9.17, 15) is 4.79 Å². The fourth-order valence-corrected chi connectivity index (χ4v) is 6.11. The zero-order valence-corrected chi connectivity index (χ0v) is 22.4. The van der Waals surface area contributed by atoms with Crippen molar-refractivity contribution >= 4 is 17.1 Å². The molecule has 1 fully saturated rings. The maximum Gasteiger partial charge on any atom is 0.166 e. The molecule has 4 heteroatoms. The van der Waals surface area contributed by atoms with Crippen LogP contribution in [0.5, 0.6) is 0 Å². The molecule has 0 N–H and O–H groups in total. The second kappa shape index (κ2) is 11.4. The molecule has 2 aliphatic rings. The van der Waals surface area contributed by atoms with E-state index in [0.717, 1.165) is 61.1 Å². The number of Topliss-reactive ketones (excluding diaryl/α,β-unsaturated/α-hetero) is 1. The molecule has 0 saturated heterocycles. The maximum atomic E-state index is 13.9. The molecule has 0 spiro atoms. The second-order valence-electron chi connectivity index (χ2n) is 10.6. The van der Waals surface area contributed by atoms with E-state index in [1.165, 1.54) is 22.3 Å². The Hall–Kier alpha value is -3.03. The zero-order chi connectivity index (χ0) is 25.8. The Kier molecular flexibility index (Phi) is 8.21. The highest BCUT2D eigenvalue weighted by Crippen LogP contribution is 2.43. The van der Waals surface area contributed by atoms with Gasteiger partial charge in [0.05, 0.1) is 18.2 Å². The van der Waals surface area contributed by atoms with Crippen LogP contribution in [-0.4, -0.2) is 31.8 Å². The number of methoxy groups -OCH3 is 1. The van der Waals surface area contributed by atoms with E-state index >= 15 is 0 Å². The highest BCUT2D eigenvalue weighted by molar-refractivity contribution is 6.06. The molecule has 1 aliphatic heterocycles. The van der Waals surface area contributed by atoms with Gasteiger partial charge in [0.15, 0.2) is 5.78 Å². The SMILES string of the molecule is COCC1=C(c2cc(C(=O)C(C)C3CCC(c4ccc(C#N)cc4)C3)c(C)cc2C)CCCN=C1C. The Morgan fingerprint density at radius 3 is 2.58 bits per heavy atom. The van der Waals surface area contributed by atoms with Crippen LogP contribution in [0.3, 0.4) is 0 Å². The smallest absolute Gasteiger partial charge is 0.166 e. The largest absolute Gasteiger partial charge is 0.380 e. The van der Waals surface area contributed by atoms with Crippen LogP contribution in [0.1, 0.15) is 90.0 Å². The molecular weight excluding hydrogens is 444 g/mol. The third-order valence-electron chi connectivity index (χ3n) is 8.29. The molecule has 0 aromatic heterocycles. The number of hydrogen-bond acceptors (Lipinski definition) is 4. The van der Waals surface area contributed by atoms with Crippen LogP contribution in [0.4, 0.5) is 0 Å². The van der Waals surface area contributed by atoms with E-state index < -0.39 is 0 Å². The summed E-state index contributed by atoms with van der Waals surface area (Å²) < 4.78 is 5.54. The third kappa shape index (κ3) is 5.37. The summed E-state index contributed by atoms with van der Waals surface area (Å²) in [6.07, 6.45) is 5.13. The number of nitrogens with zero attached hydrogens (tertiary/aromatic N) is 2. The van der Waals surface area contributed by atoms with Gasteiger partial charge in [0.1, 0.15) is 0 Å². The Morgan fingerprint density at radius 2 is 1.89 bits per heavy atom. The molecule has 0 radical (unpaired) electrons. The van der Waals surface area contributed by atoms with E-state index in [0.29, 0.717) is 24.0 Å². The average Bonchev–Trinajstić information content (AvgIpc) is 3.30. The summed E-state index contributed by atoms with van der Waals surface area (Å²) in [5.74, 6) is 1.07. The van der Waals surface area contributed by atoms with Crippen LogP contribution in [0.2, 0.25) is 0 Å². The van der Waals surface area contributed by atoms with Crippen LogP contribution in [0, 0.1) is 37.0 Å². The van der Waals surface area contributed by atoms with Crippen molar-refractivity contribution in [3.8, 4) is 6.07 Å². The molecule has 3 unspecified atom stereocenters. The summed E-state index contributed by atoms with van der Waals surface area (Å²) in [4.78, 5) is 18.6. The van der Waals surface area contributed by atoms with E-state index in [1.807, 2.05) is 12.1 Å². The molecule has 188 valence electrons. The van der Waals surface area contributed by atoms with Crippen molar-refractivity contribution in [3.63, 3.8) is 0 Å². The number of nitriles is 1. The average molecular weight is 483 g/mol. The van der Waals surface area contributed by atoms with Gasteiger partial charge in [-0.2, -0.15) is 5.26 Å². The van der Waals surface area contributed by atoms with Gasteiger partial charge in [-0.1, -0.05) is 25.1 Å². The van der Waals surface area contributed by atoms with Crippen molar-refractivity contribution in [3.05, 3.63) is 75.4 Å². The summed E-state index contributed by atoms with van der Waals surface area (Å²) in [5.41, 5.74) is 9.75. The maximum absolute atomic E-state index is 13.9. The normalized spacial score (nSPS) is 21.1. The molecule has 4 nitrogen and oxygen atoms in total. The Balaban J connectivity index is 1.59. The zero-order valence-electron chi connectivity index (χ0n) is 22.4. The molecule has 2 aromatic rings. The van der Waals surface area contributed by atoms with Crippen molar-refractivity contribution < 1.29 is 9.53 Å². The topological polar surface area (TPSA) is 62.5 Å². The Bertz CT molecular complexity index is 1230. The van der Waals surface area contributed by atoms with Gasteiger partial charge in [-0.25, -0.2) is 0 Å². The van der Waals surface area contributed by atoms with Crippen LogP contribution < -0.4 is 0 Å². The van der Waals surface area contributed by atoms with Crippen molar-refractivity contribution in [1.29, 1.82) is 5.26 Å². The summed E-state index contributed by atoms with van der Waals surface area (Å²) >= 11 is 0. The summed E-state index contributed by atoms with van der Waals surface area (Å²) in [6, 6.07) is 14.5. The number of aryl methyl sites for hydroxylation is 2. The lowest BCUT2D eigenvalue weighted by molar-refractivity contribution is 0.0887. The number of ether oxygens (including phenoxy) is 1. The summed E-state index contributed by atoms with van der Waals surface area (Å²) in [7, 11) is 1.73. The third-order valence-corrected chi connectivity index (χ3v) is 8.29. The number of hydrogen-bond donors (Lipinski definition) is 0. The predicted octanol–water partition coefficient (Wildman–Crippen LogP) is 7.23. The van der Waals surface area contributed by atoms with Gasteiger partial charge in [0.25, 0.3) is 0 Å². The Labute approximate surface area is 216 Å². The minimum Gasteiger partial charge on any atom is -0.380 e. The summed E-state index contributed by atoms with van der Waals surface area (Å²) in [5, 5.41) is 9.09. The van der Waals surface area contributed by atoms with Gasteiger partial charge in [-0.3, -0.25) is 9.79 Å². The lowest BCUT2D eigenvalue weighted by atomic mass is 9.81. The van der Waals surface area contributed by atoms with Gasteiger partial charge in [0.2, 0.25) is 0 Å². The fraction of sp³-hybridized carbons (Fsp3) is 0.469. The molecule has 4 rings (SSSR count).